The van der Waals surface area contributed by atoms with E-state index in [1.807, 2.05) is 0 Å². The molecule has 2 atom stereocenters. The number of nitrogens with zero attached hydrogens (tertiary/aromatic N) is 1. The molecule has 0 aliphatic heterocycles. The Bertz CT molecular complexity index is 105. The van der Waals surface area contributed by atoms with Gasteiger partial charge < -0.3 is 10.0 Å². The summed E-state index contributed by atoms with van der Waals surface area (Å²) in [5.41, 5.74) is 0. The van der Waals surface area contributed by atoms with Crippen molar-refractivity contribution >= 4 is 0 Å². The molecule has 10 heavy (non-hydrogen) atoms. The predicted molar refractivity (Wildman–Crippen MR) is 41.9 cm³/mol. The van der Waals surface area contributed by atoms with Crippen molar-refractivity contribution in [2.24, 2.45) is 5.92 Å². The first-order chi connectivity index (χ1) is 4.79. The van der Waals surface area contributed by atoms with E-state index in [-0.39, 0.29) is 0 Å². The number of hydrogen-bond donors (Lipinski definition) is 1. The third-order valence-electron chi connectivity index (χ3n) is 2.26. The lowest BCUT2D eigenvalue weighted by Crippen LogP contribution is -2.23. The molecule has 0 saturated heterocycles. The molecule has 0 aromatic rings. The topological polar surface area (TPSA) is 23.5 Å². The van der Waals surface area contributed by atoms with Crippen molar-refractivity contribution < 1.29 is 5.11 Å². The largest absolute Gasteiger partial charge is 0.396 e. The van der Waals surface area contributed by atoms with Crippen molar-refractivity contribution in [1.29, 1.82) is 0 Å². The van der Waals surface area contributed by atoms with Crippen LogP contribution in [0.5, 0.6) is 0 Å². The van der Waals surface area contributed by atoms with Gasteiger partial charge in [0.25, 0.3) is 0 Å². The van der Waals surface area contributed by atoms with E-state index in [0.717, 1.165) is 0 Å². The Morgan fingerprint density at radius 2 is 2.30 bits per heavy atom. The molecule has 0 amide bonds. The van der Waals surface area contributed by atoms with Crippen molar-refractivity contribution in [3.63, 3.8) is 0 Å². The minimum absolute atomic E-state index is 0.374. The molecule has 0 bridgehead atoms. The Kier molecular flexibility index (Phi) is 2.69. The number of hydrogen-bond acceptors (Lipinski definition) is 2. The quantitative estimate of drug-likeness (QED) is 0.626. The maximum atomic E-state index is 8.77. The van der Waals surface area contributed by atoms with Gasteiger partial charge in [0.05, 0.1) is 0 Å². The van der Waals surface area contributed by atoms with Crippen LogP contribution in [0.4, 0.5) is 0 Å². The highest BCUT2D eigenvalue weighted by molar-refractivity contribution is 4.93. The molecule has 0 radical (unpaired) electrons. The Morgan fingerprint density at radius 3 is 2.70 bits per heavy atom. The van der Waals surface area contributed by atoms with Crippen LogP contribution in [0.25, 0.3) is 0 Å². The second-order valence-electron chi connectivity index (χ2n) is 3.23. The smallest absolute Gasteiger partial charge is 0.0474 e. The van der Waals surface area contributed by atoms with E-state index in [2.05, 4.69) is 18.9 Å². The maximum Gasteiger partial charge on any atom is 0.0474 e. The van der Waals surface area contributed by atoms with Crippen LogP contribution in [0.2, 0.25) is 0 Å². The van der Waals surface area contributed by atoms with Crippen LogP contribution in [0, 0.1) is 5.92 Å². The number of aliphatic hydroxyl groups is 1. The molecule has 2 unspecified atom stereocenters. The van der Waals surface area contributed by atoms with Gasteiger partial charge in [0, 0.05) is 12.6 Å². The zero-order valence-electron chi connectivity index (χ0n) is 6.88. The second kappa shape index (κ2) is 3.35. The van der Waals surface area contributed by atoms with Crippen LogP contribution in [0.3, 0.4) is 0 Å². The minimum atomic E-state index is 0.374. The molecular formula is C8H17NO. The summed E-state index contributed by atoms with van der Waals surface area (Å²) in [6.07, 6.45) is 2.41. The molecule has 1 N–H and O–H groups in total. The van der Waals surface area contributed by atoms with Crippen LogP contribution in [0.15, 0.2) is 0 Å². The number of aliphatic hydroxyl groups excluding tert-OH is 1. The minimum Gasteiger partial charge on any atom is -0.396 e. The summed E-state index contributed by atoms with van der Waals surface area (Å²) in [6, 6.07) is 0.685. The van der Waals surface area contributed by atoms with Crippen LogP contribution in [0.1, 0.15) is 19.8 Å². The third kappa shape index (κ3) is 1.70. The molecule has 0 heterocycles. The summed E-state index contributed by atoms with van der Waals surface area (Å²) in [5.74, 6) is 0.580. The zero-order valence-corrected chi connectivity index (χ0v) is 6.88. The van der Waals surface area contributed by atoms with Crippen molar-refractivity contribution in [3.8, 4) is 0 Å². The fourth-order valence-corrected chi connectivity index (χ4v) is 1.49. The molecule has 0 aromatic carbocycles. The van der Waals surface area contributed by atoms with Crippen molar-refractivity contribution in [1.82, 2.24) is 4.90 Å². The van der Waals surface area contributed by atoms with Gasteiger partial charge in [-0.2, -0.15) is 0 Å². The summed E-state index contributed by atoms with van der Waals surface area (Å²) in [4.78, 5) is 2.35. The highest BCUT2D eigenvalue weighted by Crippen LogP contribution is 2.33. The van der Waals surface area contributed by atoms with E-state index >= 15 is 0 Å². The third-order valence-corrected chi connectivity index (χ3v) is 2.26. The van der Waals surface area contributed by atoms with Crippen molar-refractivity contribution in [2.45, 2.75) is 25.8 Å². The molecule has 1 fully saturated rings. The van der Waals surface area contributed by atoms with Gasteiger partial charge in [0.15, 0.2) is 0 Å². The van der Waals surface area contributed by atoms with E-state index in [1.165, 1.54) is 19.4 Å². The Labute approximate surface area is 62.8 Å². The summed E-state index contributed by atoms with van der Waals surface area (Å²) in [7, 11) is 2.14. The summed E-state index contributed by atoms with van der Waals surface area (Å²) in [5, 5.41) is 8.77. The first kappa shape index (κ1) is 8.02. The molecule has 2 heteroatoms. The Hall–Kier alpha value is -0.0800. The normalized spacial score (nSPS) is 31.2. The molecule has 1 rings (SSSR count). The highest BCUT2D eigenvalue weighted by Gasteiger charge is 2.38. The van der Waals surface area contributed by atoms with Gasteiger partial charge in [-0.05, 0) is 32.4 Å². The van der Waals surface area contributed by atoms with E-state index in [9.17, 15) is 0 Å². The van der Waals surface area contributed by atoms with Crippen LogP contribution < -0.4 is 0 Å². The Balaban J connectivity index is 2.12. The molecule has 60 valence electrons. The maximum absolute atomic E-state index is 8.77. The molecular weight excluding hydrogens is 126 g/mol. The van der Waals surface area contributed by atoms with E-state index in [1.54, 1.807) is 0 Å². The molecule has 0 aromatic heterocycles. The van der Waals surface area contributed by atoms with Crippen LogP contribution in [-0.2, 0) is 0 Å². The van der Waals surface area contributed by atoms with Crippen molar-refractivity contribution in [3.05, 3.63) is 0 Å². The summed E-state index contributed by atoms with van der Waals surface area (Å²) >= 11 is 0. The number of rotatable bonds is 4. The lowest BCUT2D eigenvalue weighted by atomic mass is 10.4. The summed E-state index contributed by atoms with van der Waals surface area (Å²) < 4.78 is 0. The van der Waals surface area contributed by atoms with Gasteiger partial charge in [-0.25, -0.2) is 0 Å². The van der Waals surface area contributed by atoms with E-state index < -0.39 is 0 Å². The fraction of sp³-hybridized carbons (Fsp3) is 1.00. The first-order valence-electron chi connectivity index (χ1n) is 4.10. The lowest BCUT2D eigenvalue weighted by molar-refractivity contribution is 0.239. The monoisotopic (exact) mass is 143 g/mol. The van der Waals surface area contributed by atoms with Gasteiger partial charge in [0.2, 0.25) is 0 Å². The molecule has 2 nitrogen and oxygen atoms in total. The molecule has 1 saturated carbocycles. The van der Waals surface area contributed by atoms with Gasteiger partial charge in [0.1, 0.15) is 0 Å². The summed E-state index contributed by atoms with van der Waals surface area (Å²) in [6.45, 7) is 3.73. The van der Waals surface area contributed by atoms with Gasteiger partial charge in [-0.15, -0.1) is 0 Å². The highest BCUT2D eigenvalue weighted by atomic mass is 16.3. The van der Waals surface area contributed by atoms with Crippen LogP contribution >= 0.6 is 0 Å². The average Bonchev–Trinajstić information content (AvgIpc) is 2.66. The van der Waals surface area contributed by atoms with Gasteiger partial charge in [-0.1, -0.05) is 6.92 Å². The van der Waals surface area contributed by atoms with Crippen LogP contribution in [-0.4, -0.2) is 36.2 Å². The molecule has 1 aliphatic rings. The SMILES string of the molecule is CCCN(C)C1CC1CO. The van der Waals surface area contributed by atoms with Crippen molar-refractivity contribution in [2.75, 3.05) is 20.2 Å². The molecule has 1 aliphatic carbocycles. The second-order valence-corrected chi connectivity index (χ2v) is 3.23. The first-order valence-corrected chi connectivity index (χ1v) is 4.10. The van der Waals surface area contributed by atoms with E-state index in [4.69, 9.17) is 5.11 Å². The predicted octanol–water partition coefficient (Wildman–Crippen LogP) is 0.709. The van der Waals surface area contributed by atoms with Gasteiger partial charge >= 0.3 is 0 Å². The zero-order chi connectivity index (χ0) is 7.56. The molecule has 0 spiro atoms. The van der Waals surface area contributed by atoms with E-state index in [0.29, 0.717) is 18.6 Å². The fourth-order valence-electron chi connectivity index (χ4n) is 1.49. The average molecular weight is 143 g/mol. The van der Waals surface area contributed by atoms with Gasteiger partial charge in [-0.3, -0.25) is 0 Å². The Morgan fingerprint density at radius 1 is 1.60 bits per heavy atom. The standard InChI is InChI=1S/C8H17NO/c1-3-4-9(2)8-5-7(8)6-10/h7-8,10H,3-6H2,1-2H3. The lowest BCUT2D eigenvalue weighted by Gasteiger charge is -2.14.